The van der Waals surface area contributed by atoms with Crippen molar-refractivity contribution in [3.05, 3.63) is 17.0 Å². The summed E-state index contributed by atoms with van der Waals surface area (Å²) in [7, 11) is 0. The first-order chi connectivity index (χ1) is 12.2. The van der Waals surface area contributed by atoms with E-state index >= 15 is 0 Å². The van der Waals surface area contributed by atoms with Gasteiger partial charge in [0.1, 0.15) is 0 Å². The van der Waals surface area contributed by atoms with Gasteiger partial charge in [0.05, 0.1) is 6.54 Å². The van der Waals surface area contributed by atoms with Crippen molar-refractivity contribution in [3.8, 4) is 0 Å². The van der Waals surface area contributed by atoms with Gasteiger partial charge in [0.25, 0.3) is 5.91 Å². The first-order valence-electron chi connectivity index (χ1n) is 9.42. The molecule has 2 aliphatic rings. The van der Waals surface area contributed by atoms with E-state index in [0.717, 1.165) is 43.7 Å². The summed E-state index contributed by atoms with van der Waals surface area (Å²) < 4.78 is 39.5. The van der Waals surface area contributed by atoms with Gasteiger partial charge in [0.2, 0.25) is 0 Å². The van der Waals surface area contributed by atoms with Crippen molar-refractivity contribution < 1.29 is 18.0 Å². The molecule has 0 radical (unpaired) electrons. The van der Waals surface area contributed by atoms with Crippen LogP contribution in [0.1, 0.15) is 54.9 Å². The van der Waals surface area contributed by atoms with Gasteiger partial charge in [-0.05, 0) is 38.0 Å². The molecular weight excluding hydrogens is 345 g/mol. The minimum Gasteiger partial charge on any atom is -0.337 e. The average molecular weight is 372 g/mol. The lowest BCUT2D eigenvalue weighted by molar-refractivity contribution is -0.126. The van der Waals surface area contributed by atoms with Crippen molar-refractivity contribution in [1.29, 1.82) is 0 Å². The van der Waals surface area contributed by atoms with E-state index in [9.17, 15) is 18.0 Å². The highest BCUT2D eigenvalue weighted by Crippen LogP contribution is 2.28. The Morgan fingerprint density at radius 3 is 2.62 bits per heavy atom. The molecule has 0 unspecified atom stereocenters. The molecule has 1 atom stereocenters. The number of nitrogens with zero attached hydrogens (tertiary/aromatic N) is 3. The molecule has 8 heteroatoms. The summed E-state index contributed by atoms with van der Waals surface area (Å²) >= 11 is 0. The predicted molar refractivity (Wildman–Crippen MR) is 92.1 cm³/mol. The Balaban J connectivity index is 1.83. The Bertz CT molecular complexity index is 648. The second-order valence-corrected chi connectivity index (χ2v) is 7.78. The van der Waals surface area contributed by atoms with E-state index < -0.39 is 12.7 Å². The van der Waals surface area contributed by atoms with Crippen LogP contribution >= 0.6 is 0 Å². The smallest absolute Gasteiger partial charge is 0.337 e. The molecule has 1 saturated heterocycles. The first kappa shape index (κ1) is 19.2. The van der Waals surface area contributed by atoms with Gasteiger partial charge in [0.15, 0.2) is 5.69 Å². The molecule has 1 aliphatic carbocycles. The second kappa shape index (κ2) is 7.58. The summed E-state index contributed by atoms with van der Waals surface area (Å²) in [6.45, 7) is 5.37. The molecule has 146 valence electrons. The summed E-state index contributed by atoms with van der Waals surface area (Å²) in [5.74, 6) is 0.313. The number of fused-ring (bicyclic) bond motifs is 1. The molecule has 1 amide bonds. The van der Waals surface area contributed by atoms with Crippen LogP contribution in [0, 0.1) is 5.92 Å². The number of hydrogen-bond donors (Lipinski definition) is 1. The van der Waals surface area contributed by atoms with Crippen molar-refractivity contribution >= 4 is 5.91 Å². The fourth-order valence-corrected chi connectivity index (χ4v) is 3.86. The Morgan fingerprint density at radius 1 is 1.31 bits per heavy atom. The van der Waals surface area contributed by atoms with Gasteiger partial charge < -0.3 is 10.2 Å². The van der Waals surface area contributed by atoms with Crippen LogP contribution in [0.25, 0.3) is 0 Å². The summed E-state index contributed by atoms with van der Waals surface area (Å²) in [5, 5.41) is 7.20. The zero-order chi connectivity index (χ0) is 18.9. The third kappa shape index (κ3) is 4.39. The monoisotopic (exact) mass is 372 g/mol. The number of halogens is 3. The quantitative estimate of drug-likeness (QED) is 0.865. The molecule has 0 bridgehead atoms. The maximum Gasteiger partial charge on any atom is 0.401 e. The number of carbonyl (C=O) groups excluding carboxylic acids is 1. The minimum absolute atomic E-state index is 0.0715. The normalized spacial score (nSPS) is 20.7. The van der Waals surface area contributed by atoms with E-state index in [1.165, 1.54) is 0 Å². The number of likely N-dealkylation sites (tertiary alicyclic amines) is 1. The van der Waals surface area contributed by atoms with Gasteiger partial charge in [-0.3, -0.25) is 9.48 Å². The molecule has 1 aromatic rings. The molecule has 0 spiro atoms. The van der Waals surface area contributed by atoms with Gasteiger partial charge >= 0.3 is 6.18 Å². The van der Waals surface area contributed by atoms with Crippen molar-refractivity contribution in [2.75, 3.05) is 19.6 Å². The van der Waals surface area contributed by atoms with E-state index in [-0.39, 0.29) is 11.9 Å². The lowest BCUT2D eigenvalue weighted by atomic mass is 9.91. The Labute approximate surface area is 151 Å². The van der Waals surface area contributed by atoms with E-state index in [1.807, 2.05) is 9.58 Å². The van der Waals surface area contributed by atoms with Gasteiger partial charge in [-0.25, -0.2) is 0 Å². The molecule has 1 fully saturated rings. The van der Waals surface area contributed by atoms with Crippen LogP contribution in [-0.4, -0.2) is 52.4 Å². The van der Waals surface area contributed by atoms with Crippen LogP contribution in [0.3, 0.4) is 0 Å². The maximum atomic E-state index is 12.9. The molecule has 1 aromatic heterocycles. The largest absolute Gasteiger partial charge is 0.401 e. The fourth-order valence-electron chi connectivity index (χ4n) is 3.86. The number of aromatic nitrogens is 2. The zero-order valence-corrected chi connectivity index (χ0v) is 15.4. The molecular formula is C18H27F3N4O. The molecule has 5 nitrogen and oxygen atoms in total. The van der Waals surface area contributed by atoms with Crippen molar-refractivity contribution in [1.82, 2.24) is 20.0 Å². The van der Waals surface area contributed by atoms with E-state index in [1.54, 1.807) is 0 Å². The number of amides is 1. The zero-order valence-electron chi connectivity index (χ0n) is 15.4. The fraction of sp³-hybridized carbons (Fsp3) is 0.778. The summed E-state index contributed by atoms with van der Waals surface area (Å²) in [6, 6.07) is -0.272. The molecule has 0 saturated carbocycles. The van der Waals surface area contributed by atoms with Crippen molar-refractivity contribution in [2.45, 2.75) is 64.7 Å². The highest BCUT2D eigenvalue weighted by Gasteiger charge is 2.34. The number of nitrogens with one attached hydrogen (secondary N) is 1. The highest BCUT2D eigenvalue weighted by molar-refractivity contribution is 5.94. The van der Waals surface area contributed by atoms with Crippen LogP contribution in [0.5, 0.6) is 0 Å². The number of alkyl halides is 3. The van der Waals surface area contributed by atoms with E-state index in [0.29, 0.717) is 30.9 Å². The van der Waals surface area contributed by atoms with Gasteiger partial charge in [-0.2, -0.15) is 18.3 Å². The minimum atomic E-state index is -4.23. The standard InChI is InChI=1S/C18H27F3N4O/c1-12(2)10-25-15-6-5-13(22-11-18(19,20)21)9-14(15)16(23-25)17(26)24-7-3-4-8-24/h12-13,22H,3-11H2,1-2H3/t13-/m1/s1. The Morgan fingerprint density at radius 2 is 2.00 bits per heavy atom. The van der Waals surface area contributed by atoms with Gasteiger partial charge in [0, 0.05) is 36.9 Å². The Hall–Kier alpha value is -1.57. The lowest BCUT2D eigenvalue weighted by Gasteiger charge is -2.25. The SMILES string of the molecule is CC(C)Cn1nc(C(=O)N2CCCC2)c2c1CC[C@@H](NCC(F)(F)F)C2. The number of carbonyl (C=O) groups is 1. The molecule has 3 rings (SSSR count). The third-order valence-corrected chi connectivity index (χ3v) is 5.07. The first-order valence-corrected chi connectivity index (χ1v) is 9.42. The lowest BCUT2D eigenvalue weighted by Crippen LogP contribution is -2.41. The van der Waals surface area contributed by atoms with E-state index in [4.69, 9.17) is 0 Å². The topological polar surface area (TPSA) is 50.2 Å². The molecule has 26 heavy (non-hydrogen) atoms. The van der Waals surface area contributed by atoms with Crippen LogP contribution in [0.2, 0.25) is 0 Å². The number of rotatable bonds is 5. The Kier molecular flexibility index (Phi) is 5.60. The molecule has 1 N–H and O–H groups in total. The summed E-state index contributed by atoms with van der Waals surface area (Å²) in [5.41, 5.74) is 2.31. The number of hydrogen-bond acceptors (Lipinski definition) is 3. The van der Waals surface area contributed by atoms with Crippen LogP contribution in [-0.2, 0) is 19.4 Å². The second-order valence-electron chi connectivity index (χ2n) is 7.78. The van der Waals surface area contributed by atoms with Crippen LogP contribution < -0.4 is 5.32 Å². The van der Waals surface area contributed by atoms with Crippen LogP contribution in [0.4, 0.5) is 13.2 Å². The molecule has 2 heterocycles. The summed E-state index contributed by atoms with van der Waals surface area (Å²) in [6.07, 6.45) is -0.524. The van der Waals surface area contributed by atoms with Gasteiger partial charge in [-0.1, -0.05) is 13.8 Å². The third-order valence-electron chi connectivity index (χ3n) is 5.07. The van der Waals surface area contributed by atoms with E-state index in [2.05, 4.69) is 24.3 Å². The van der Waals surface area contributed by atoms with Crippen LogP contribution in [0.15, 0.2) is 0 Å². The van der Waals surface area contributed by atoms with Crippen molar-refractivity contribution in [3.63, 3.8) is 0 Å². The molecule has 0 aromatic carbocycles. The average Bonchev–Trinajstić information content (AvgIpc) is 3.19. The highest BCUT2D eigenvalue weighted by atomic mass is 19.4. The molecule has 1 aliphatic heterocycles. The predicted octanol–water partition coefficient (Wildman–Crippen LogP) is 2.78. The van der Waals surface area contributed by atoms with Crippen molar-refractivity contribution in [2.24, 2.45) is 5.92 Å². The summed E-state index contributed by atoms with van der Waals surface area (Å²) in [4.78, 5) is 14.7. The van der Waals surface area contributed by atoms with Gasteiger partial charge in [-0.15, -0.1) is 0 Å². The maximum absolute atomic E-state index is 12.9.